The number of hydrogen-bond donors (Lipinski definition) is 0. The topological polar surface area (TPSA) is 359 Å². The molecule has 1 aliphatic carbocycles. The number of rotatable bonds is 24. The van der Waals surface area contributed by atoms with Gasteiger partial charge >= 0.3 is 154 Å². The molecule has 3 heterocycles. The third-order valence-electron chi connectivity index (χ3n) is 16.0. The maximum atomic E-state index is 16.7. The fraction of sp³-hybridized carbons (Fsp3) is 0.414. The Balaban J connectivity index is 0.00000442. The Morgan fingerprint density at radius 2 is 1.28 bits per heavy atom. The van der Waals surface area contributed by atoms with E-state index in [1.54, 1.807) is 53.7 Å². The van der Waals surface area contributed by atoms with Gasteiger partial charge in [-0.15, -0.1) is 5.06 Å². The molecule has 23 nitrogen and oxygen atoms in total. The molecular weight excluding hydrogens is 1350 g/mol. The summed E-state index contributed by atoms with van der Waals surface area (Å²) in [5.41, 5.74) is 2.25. The van der Waals surface area contributed by atoms with Crippen LogP contribution in [0.4, 0.5) is 21.5 Å². The number of carbonyl (C=O) groups excluding carboxylic acids is 3. The number of allylic oxidation sites excluding steroid dienone is 8. The van der Waals surface area contributed by atoms with Gasteiger partial charge in [-0.3, -0.25) is 9.59 Å². The monoisotopic (exact) mass is 1410 g/mol. The van der Waals surface area contributed by atoms with Gasteiger partial charge in [-0.1, -0.05) is 57.5 Å². The van der Waals surface area contributed by atoms with Crippen molar-refractivity contribution < 1.29 is 241 Å². The smallest absolute Gasteiger partial charge is 0.748 e. The number of nitrogens with zero attached hydrogens (tertiary/aromatic N) is 4. The van der Waals surface area contributed by atoms with Crippen molar-refractivity contribution in [3.63, 3.8) is 0 Å². The van der Waals surface area contributed by atoms with Crippen LogP contribution in [0.3, 0.4) is 0 Å². The minimum Gasteiger partial charge on any atom is -0.748 e. The second-order valence-corrected chi connectivity index (χ2v) is 30.1. The number of hydroxylamine groups is 2. The zero-order chi connectivity index (χ0) is 64.0. The minimum atomic E-state index is -5.44. The average Bonchev–Trinajstić information content (AvgIpc) is 1.50. The predicted octanol–water partition coefficient (Wildman–Crippen LogP) is -8.77. The molecule has 4 aromatic rings. The fourth-order valence-electron chi connectivity index (χ4n) is 12.0. The standard InChI is InChI=1S/C58H67FN4O19S5.5Na/c1-6-7-27-61-47-19-17-40(60(25-10-29-83(67,68)69)26-11-30-84(70,71)72)34-45(47)57(2,3)50(61)21-15-37-32-39(56(66)82-63-52(64)23-24-53(63)65)33-38(54(37)43-13-8-9-14-46(43)59)16-22-51-58(4,5)55-44-35-41(86(76,77)78)36-49(87(79,80)81)42(44)18-20-48(55)62(51)28-12-31-85(73,74)75;;;;;/h8-9,13-22,34-36,39H,6-7,10-12,23-33H2,1-5H3,(H4-,67,68,69,70,71,72,73,74,75,76,77,78,79,80,81);;;;;/q;5*+1/p-4. The first-order valence-electron chi connectivity index (χ1n) is 27.7. The SMILES string of the molecule is CCCCN1C(=CC=C2CC(C(=O)ON3C(=O)CCC3=O)CC(C=CC3=[N+](CCCS(=O)(=O)[O-])c4ccc5c(S(=O)(=O)[O-])cc(S(=O)(=O)[O-])cc5c4C3(C)C)=C2c2ccccc2F)C(C)(C)c2cc(N(CCCS(=O)(=O)[O-])CCCS(=O)(=O)[O-])ccc21.[Na+].[Na+].[Na+].[Na+].[Na+]. The summed E-state index contributed by atoms with van der Waals surface area (Å²) in [4.78, 5) is 47.4. The number of amides is 2. The molecule has 4 aromatic carbocycles. The maximum Gasteiger partial charge on any atom is 1.00 e. The van der Waals surface area contributed by atoms with Crippen LogP contribution in [0.25, 0.3) is 16.3 Å². The molecule has 92 heavy (non-hydrogen) atoms. The van der Waals surface area contributed by atoms with E-state index in [-0.39, 0.29) is 251 Å². The number of fused-ring (bicyclic) bond motifs is 4. The van der Waals surface area contributed by atoms with Crippen molar-refractivity contribution in [3.05, 3.63) is 130 Å². The van der Waals surface area contributed by atoms with Crippen molar-refractivity contribution in [2.24, 2.45) is 5.92 Å². The summed E-state index contributed by atoms with van der Waals surface area (Å²) in [6.45, 7) is 9.49. The van der Waals surface area contributed by atoms with E-state index >= 15 is 4.39 Å². The molecule has 1 atom stereocenters. The first-order valence-corrected chi connectivity index (χ1v) is 35.3. The third-order valence-corrected chi connectivity index (χ3v) is 20.0. The van der Waals surface area contributed by atoms with Gasteiger partial charge < -0.3 is 37.4 Å². The maximum absolute atomic E-state index is 16.7. The van der Waals surface area contributed by atoms with Crippen LogP contribution in [0, 0.1) is 11.7 Å². The van der Waals surface area contributed by atoms with Gasteiger partial charge in [0.1, 0.15) is 32.6 Å². The van der Waals surface area contributed by atoms with Crippen LogP contribution in [-0.4, -0.2) is 141 Å². The summed E-state index contributed by atoms with van der Waals surface area (Å²) in [6.07, 6.45) is 6.83. The Morgan fingerprint density at radius 3 is 1.84 bits per heavy atom. The number of hydrogen-bond acceptors (Lipinski definition) is 21. The normalized spacial score (nSPS) is 18.1. The van der Waals surface area contributed by atoms with Gasteiger partial charge in [0.15, 0.2) is 5.71 Å². The van der Waals surface area contributed by atoms with Crippen molar-refractivity contribution in [1.82, 2.24) is 5.06 Å². The van der Waals surface area contributed by atoms with Gasteiger partial charge in [-0.25, -0.2) is 51.3 Å². The van der Waals surface area contributed by atoms with Crippen LogP contribution in [0.15, 0.2) is 118 Å². The van der Waals surface area contributed by atoms with Crippen LogP contribution in [-0.2, 0) is 80.6 Å². The van der Waals surface area contributed by atoms with E-state index in [2.05, 4.69) is 4.90 Å². The van der Waals surface area contributed by atoms with E-state index in [0.717, 1.165) is 23.7 Å². The van der Waals surface area contributed by atoms with E-state index < -0.39 is 118 Å². The summed E-state index contributed by atoms with van der Waals surface area (Å²) in [5.74, 6) is -6.60. The molecule has 0 bridgehead atoms. The summed E-state index contributed by atoms with van der Waals surface area (Å²) >= 11 is 0. The predicted molar refractivity (Wildman–Crippen MR) is 313 cm³/mol. The van der Waals surface area contributed by atoms with Crippen molar-refractivity contribution in [2.45, 2.75) is 113 Å². The van der Waals surface area contributed by atoms with E-state index in [0.29, 0.717) is 46.8 Å². The Morgan fingerprint density at radius 1 is 0.696 bits per heavy atom. The van der Waals surface area contributed by atoms with Gasteiger partial charge in [0.25, 0.3) is 11.8 Å². The summed E-state index contributed by atoms with van der Waals surface area (Å²) in [7, 11) is -24.9. The number of carbonyl (C=O) groups is 3. The molecule has 4 aliphatic rings. The fourth-order valence-corrected chi connectivity index (χ4v) is 14.7. The van der Waals surface area contributed by atoms with E-state index in [1.165, 1.54) is 30.3 Å². The first-order chi connectivity index (χ1) is 40.4. The van der Waals surface area contributed by atoms with Gasteiger partial charge in [-0.05, 0) is 122 Å². The molecule has 470 valence electrons. The van der Waals surface area contributed by atoms with Gasteiger partial charge in [0.05, 0.1) is 51.5 Å². The Hall–Kier alpha value is -1.54. The largest absolute Gasteiger partial charge is 1.00 e. The van der Waals surface area contributed by atoms with Gasteiger partial charge in [0.2, 0.25) is 5.69 Å². The minimum absolute atomic E-state index is 0. The second kappa shape index (κ2) is 33.5. The van der Waals surface area contributed by atoms with E-state index in [1.807, 2.05) is 39.0 Å². The third kappa shape index (κ3) is 20.1. The van der Waals surface area contributed by atoms with E-state index in [9.17, 15) is 79.2 Å². The molecule has 0 saturated carbocycles. The molecule has 0 N–H and O–H groups in total. The van der Waals surface area contributed by atoms with Crippen molar-refractivity contribution in [2.75, 3.05) is 53.2 Å². The molecule has 2 amide bonds. The molecule has 34 heteroatoms. The summed E-state index contributed by atoms with van der Waals surface area (Å²) in [6, 6.07) is 15.3. The molecule has 1 unspecified atom stereocenters. The Kier molecular flexibility index (Phi) is 30.9. The number of imide groups is 1. The van der Waals surface area contributed by atoms with Crippen molar-refractivity contribution >= 4 is 107 Å². The number of halogens is 1. The second-order valence-electron chi connectivity index (χ2n) is 22.8. The van der Waals surface area contributed by atoms with Crippen molar-refractivity contribution in [3.8, 4) is 0 Å². The van der Waals surface area contributed by atoms with Crippen LogP contribution in [0.2, 0.25) is 0 Å². The number of anilines is 2. The number of unbranched alkanes of at least 4 members (excludes halogenated alkanes) is 1. The van der Waals surface area contributed by atoms with Crippen LogP contribution < -0.4 is 158 Å². The molecule has 3 aliphatic heterocycles. The molecule has 0 radical (unpaired) electrons. The molecule has 0 aromatic heterocycles. The molecule has 8 rings (SSSR count). The first kappa shape index (κ1) is 84.7. The quantitative estimate of drug-likeness (QED) is 0.0272. The van der Waals surface area contributed by atoms with Gasteiger partial charge in [-0.2, -0.15) is 4.58 Å². The Bertz CT molecular complexity index is 4220. The zero-order valence-corrected chi connectivity index (χ0v) is 67.1. The van der Waals surface area contributed by atoms with E-state index in [4.69, 9.17) is 4.84 Å². The molecule has 1 fully saturated rings. The Labute approximate surface area is 647 Å². The molecular formula is C58H63FN4Na5O19S5+. The number of benzene rings is 4. The van der Waals surface area contributed by atoms with Crippen molar-refractivity contribution in [1.29, 1.82) is 0 Å². The van der Waals surface area contributed by atoms with Gasteiger partial charge in [0, 0.05) is 107 Å². The average molecular weight is 1410 g/mol. The molecule has 1 saturated heterocycles. The van der Waals surface area contributed by atoms with Crippen LogP contribution >= 0.6 is 0 Å². The summed E-state index contributed by atoms with van der Waals surface area (Å²) < 4.78 is 200. The summed E-state index contributed by atoms with van der Waals surface area (Å²) in [5, 5.41) is 0.0305. The molecule has 0 spiro atoms. The van der Waals surface area contributed by atoms with Crippen LogP contribution in [0.5, 0.6) is 0 Å². The zero-order valence-electron chi connectivity index (χ0n) is 53.0. The van der Waals surface area contributed by atoms with Crippen LogP contribution in [0.1, 0.15) is 109 Å².